The van der Waals surface area contributed by atoms with Gasteiger partial charge in [-0.3, -0.25) is 4.84 Å². The third kappa shape index (κ3) is 6.84. The molecule has 2 aliphatic rings. The first-order valence-electron chi connectivity index (χ1n) is 12.6. The molecule has 2 fully saturated rings. The lowest BCUT2D eigenvalue weighted by atomic mass is 10.2. The van der Waals surface area contributed by atoms with E-state index < -0.39 is 11.8 Å². The van der Waals surface area contributed by atoms with Crippen LogP contribution in [0.5, 0.6) is 0 Å². The highest BCUT2D eigenvalue weighted by Gasteiger charge is 2.22. The average Bonchev–Trinajstić information content (AvgIpc) is 2.98. The molecule has 202 valence electrons. The third-order valence-corrected chi connectivity index (χ3v) is 6.25. The molecule has 2 aliphatic heterocycles. The Morgan fingerprint density at radius 1 is 0.923 bits per heavy atom. The number of hydroxylamine groups is 2. The first-order chi connectivity index (χ1) is 19.1. The van der Waals surface area contributed by atoms with Crippen LogP contribution in [0.4, 0.5) is 26.4 Å². The summed E-state index contributed by atoms with van der Waals surface area (Å²) in [4.78, 5) is 28.5. The van der Waals surface area contributed by atoms with E-state index >= 15 is 0 Å². The minimum absolute atomic E-state index is 0.0834. The minimum Gasteiger partial charge on any atom is -0.379 e. The lowest BCUT2D eigenvalue weighted by molar-refractivity contribution is -0.202. The van der Waals surface area contributed by atoms with Crippen molar-refractivity contribution >= 4 is 23.2 Å². The Labute approximate surface area is 225 Å². The molecule has 1 aromatic heterocycles. The number of amides is 2. The van der Waals surface area contributed by atoms with Crippen LogP contribution in [0.1, 0.15) is 11.3 Å². The summed E-state index contributed by atoms with van der Waals surface area (Å²) in [6.45, 7) is 5.12. The number of nitriles is 1. The van der Waals surface area contributed by atoms with Crippen molar-refractivity contribution < 1.29 is 23.5 Å². The van der Waals surface area contributed by atoms with Crippen molar-refractivity contribution in [2.45, 2.75) is 6.61 Å². The highest BCUT2D eigenvalue weighted by Crippen LogP contribution is 2.25. The highest BCUT2D eigenvalue weighted by atomic mass is 19.1. The number of carbonyl (C=O) groups is 1. The second-order valence-corrected chi connectivity index (χ2v) is 8.91. The number of nitrogens with zero attached hydrogens (tertiary/aromatic N) is 5. The van der Waals surface area contributed by atoms with E-state index in [1.54, 1.807) is 29.2 Å². The Bertz CT molecular complexity index is 1320. The number of ether oxygens (including phenoxy) is 2. The zero-order valence-electron chi connectivity index (χ0n) is 21.2. The number of hydrogen-bond acceptors (Lipinski definition) is 9. The summed E-state index contributed by atoms with van der Waals surface area (Å²) < 4.78 is 25.4. The summed E-state index contributed by atoms with van der Waals surface area (Å²) in [7, 11) is 0. The summed E-state index contributed by atoms with van der Waals surface area (Å²) in [5, 5.41) is 16.9. The van der Waals surface area contributed by atoms with Gasteiger partial charge in [-0.15, -0.1) is 0 Å². The fourth-order valence-electron chi connectivity index (χ4n) is 4.15. The maximum atomic E-state index is 14.8. The zero-order valence-corrected chi connectivity index (χ0v) is 21.2. The van der Waals surface area contributed by atoms with Crippen LogP contribution in [0.15, 0.2) is 48.5 Å². The Morgan fingerprint density at radius 2 is 1.51 bits per heavy atom. The van der Waals surface area contributed by atoms with Crippen LogP contribution in [0.3, 0.4) is 0 Å². The second kappa shape index (κ2) is 12.6. The molecule has 2 saturated heterocycles. The van der Waals surface area contributed by atoms with E-state index in [4.69, 9.17) is 14.3 Å². The molecule has 3 heterocycles. The van der Waals surface area contributed by atoms with Gasteiger partial charge in [-0.25, -0.2) is 14.8 Å². The van der Waals surface area contributed by atoms with Crippen molar-refractivity contribution in [2.24, 2.45) is 0 Å². The van der Waals surface area contributed by atoms with Gasteiger partial charge in [0.05, 0.1) is 33.0 Å². The molecule has 0 bridgehead atoms. The predicted molar refractivity (Wildman–Crippen MR) is 141 cm³/mol. The number of hydrogen-bond donors (Lipinski definition) is 2. The number of nitrogens with one attached hydrogen (secondary N) is 2. The number of urea groups is 1. The van der Waals surface area contributed by atoms with Gasteiger partial charge in [0.15, 0.2) is 17.3 Å². The number of rotatable bonds is 7. The van der Waals surface area contributed by atoms with Crippen molar-refractivity contribution in [2.75, 3.05) is 68.1 Å². The maximum absolute atomic E-state index is 14.8. The lowest BCUT2D eigenvalue weighted by Crippen LogP contribution is -2.37. The molecule has 0 spiro atoms. The van der Waals surface area contributed by atoms with Gasteiger partial charge in [0.1, 0.15) is 6.07 Å². The number of morpholine rings is 2. The van der Waals surface area contributed by atoms with Crippen molar-refractivity contribution in [3.63, 3.8) is 0 Å². The summed E-state index contributed by atoms with van der Waals surface area (Å²) in [6.07, 6.45) is 0. The van der Waals surface area contributed by atoms with Crippen LogP contribution in [-0.2, 0) is 20.9 Å². The molecule has 2 N–H and O–H groups in total. The number of aromatic nitrogens is 2. The molecule has 11 nitrogen and oxygen atoms in total. The molecule has 5 rings (SSSR count). The van der Waals surface area contributed by atoms with Gasteiger partial charge in [0.25, 0.3) is 0 Å². The molecule has 12 heteroatoms. The molecule has 2 aromatic carbocycles. The molecule has 0 saturated carbocycles. The minimum atomic E-state index is -0.740. The van der Waals surface area contributed by atoms with Crippen LogP contribution in [0.2, 0.25) is 0 Å². The van der Waals surface area contributed by atoms with E-state index in [1.807, 2.05) is 35.4 Å². The van der Waals surface area contributed by atoms with E-state index in [-0.39, 0.29) is 17.3 Å². The van der Waals surface area contributed by atoms with Gasteiger partial charge in [-0.05, 0) is 42.0 Å². The Balaban J connectivity index is 1.18. The van der Waals surface area contributed by atoms with Crippen molar-refractivity contribution in [3.05, 3.63) is 65.6 Å². The van der Waals surface area contributed by atoms with E-state index in [1.165, 1.54) is 0 Å². The van der Waals surface area contributed by atoms with Crippen molar-refractivity contribution in [1.82, 2.24) is 15.0 Å². The third-order valence-electron chi connectivity index (χ3n) is 6.25. The normalized spacial score (nSPS) is 15.9. The highest BCUT2D eigenvalue weighted by molar-refractivity contribution is 5.99. The second-order valence-electron chi connectivity index (χ2n) is 8.91. The fraction of sp³-hybridized carbons (Fsp3) is 0.333. The van der Waals surface area contributed by atoms with Gasteiger partial charge in [-0.2, -0.15) is 14.7 Å². The Kier molecular flexibility index (Phi) is 8.55. The molecule has 3 aromatic rings. The summed E-state index contributed by atoms with van der Waals surface area (Å²) in [6, 6.07) is 15.6. The summed E-state index contributed by atoms with van der Waals surface area (Å²) in [5.41, 5.74) is 2.44. The largest absolute Gasteiger partial charge is 0.379 e. The van der Waals surface area contributed by atoms with E-state index in [0.717, 1.165) is 18.7 Å². The number of carbonyl (C=O) groups excluding carboxylic acids is 1. The first kappa shape index (κ1) is 26.5. The van der Waals surface area contributed by atoms with Gasteiger partial charge in [0, 0.05) is 43.1 Å². The van der Waals surface area contributed by atoms with E-state index in [9.17, 15) is 14.4 Å². The standard InChI is InChI=1S/C27H28FN7O4/c28-24-23(17-29)32-25(33-26(24)34-9-13-37-14-10-34)20-3-7-22(8-4-20)31-27(36)30-21-5-1-19(2-6-21)18-39-35-11-15-38-16-12-35/h1-8H,9-16,18H2,(H2,30,31,36). The summed E-state index contributed by atoms with van der Waals surface area (Å²) in [5.74, 6) is -0.431. The fourth-order valence-corrected chi connectivity index (χ4v) is 4.15. The number of benzene rings is 2. The Morgan fingerprint density at radius 3 is 2.13 bits per heavy atom. The van der Waals surface area contributed by atoms with Crippen LogP contribution < -0.4 is 15.5 Å². The van der Waals surface area contributed by atoms with Crippen molar-refractivity contribution in [3.8, 4) is 17.5 Å². The quantitative estimate of drug-likeness (QED) is 0.470. The molecule has 2 amide bonds. The van der Waals surface area contributed by atoms with Crippen LogP contribution in [0.25, 0.3) is 11.4 Å². The Hall–Kier alpha value is -4.15. The lowest BCUT2D eigenvalue weighted by Gasteiger charge is -2.28. The van der Waals surface area contributed by atoms with Gasteiger partial charge < -0.3 is 25.0 Å². The first-order valence-corrected chi connectivity index (χ1v) is 12.6. The molecule has 0 radical (unpaired) electrons. The van der Waals surface area contributed by atoms with Crippen LogP contribution >= 0.6 is 0 Å². The monoisotopic (exact) mass is 533 g/mol. The smallest absolute Gasteiger partial charge is 0.323 e. The van der Waals surface area contributed by atoms with Crippen LogP contribution in [-0.4, -0.2) is 73.7 Å². The molecule has 39 heavy (non-hydrogen) atoms. The molecule has 0 aliphatic carbocycles. The van der Waals surface area contributed by atoms with E-state index in [2.05, 4.69) is 20.6 Å². The van der Waals surface area contributed by atoms with Gasteiger partial charge in [-0.1, -0.05) is 12.1 Å². The molecular formula is C27H28FN7O4. The predicted octanol–water partition coefficient (Wildman–Crippen LogP) is 3.40. The molecule has 0 unspecified atom stereocenters. The number of halogens is 1. The van der Waals surface area contributed by atoms with Gasteiger partial charge in [0.2, 0.25) is 5.82 Å². The zero-order chi connectivity index (χ0) is 27.0. The SMILES string of the molecule is N#Cc1nc(-c2ccc(NC(=O)Nc3ccc(CON4CCOCC4)cc3)cc2)nc(N2CCOCC2)c1F. The topological polar surface area (TPSA) is 125 Å². The van der Waals surface area contributed by atoms with E-state index in [0.29, 0.717) is 63.1 Å². The maximum Gasteiger partial charge on any atom is 0.323 e. The molecule has 0 atom stereocenters. The van der Waals surface area contributed by atoms with Crippen LogP contribution in [0, 0.1) is 17.1 Å². The average molecular weight is 534 g/mol. The van der Waals surface area contributed by atoms with Crippen molar-refractivity contribution in [1.29, 1.82) is 5.26 Å². The molecular weight excluding hydrogens is 505 g/mol. The van der Waals surface area contributed by atoms with Gasteiger partial charge >= 0.3 is 6.03 Å². The number of anilines is 3. The summed E-state index contributed by atoms with van der Waals surface area (Å²) >= 11 is 0.